The normalized spacial score (nSPS) is 14.4. The van der Waals surface area contributed by atoms with Crippen LogP contribution in [0.5, 0.6) is 0 Å². The van der Waals surface area contributed by atoms with Crippen LogP contribution in [-0.4, -0.2) is 21.3 Å². The molecule has 0 radical (unpaired) electrons. The summed E-state index contributed by atoms with van der Waals surface area (Å²) >= 11 is 0. The van der Waals surface area contributed by atoms with Gasteiger partial charge >= 0.3 is 0 Å². The van der Waals surface area contributed by atoms with Crippen molar-refractivity contribution >= 4 is 0 Å². The van der Waals surface area contributed by atoms with E-state index in [1.165, 1.54) is 0 Å². The van der Waals surface area contributed by atoms with E-state index in [4.69, 9.17) is 0 Å². The molecule has 0 aliphatic rings. The first-order chi connectivity index (χ1) is 8.72. The van der Waals surface area contributed by atoms with Crippen LogP contribution < -0.4 is 5.32 Å². The predicted molar refractivity (Wildman–Crippen MR) is 71.0 cm³/mol. The van der Waals surface area contributed by atoms with Crippen LogP contribution in [0.1, 0.15) is 30.4 Å². The number of imidazole rings is 1. The number of hydrogen-bond donors (Lipinski definition) is 2. The molecule has 0 spiro atoms. The van der Waals surface area contributed by atoms with Crippen LogP contribution in [-0.2, 0) is 7.05 Å². The first kappa shape index (κ1) is 12.8. The van der Waals surface area contributed by atoms with Gasteiger partial charge in [0.25, 0.3) is 0 Å². The lowest BCUT2D eigenvalue weighted by Crippen LogP contribution is -2.28. The number of aliphatic hydroxyl groups excluding tert-OH is 1. The lowest BCUT2D eigenvalue weighted by molar-refractivity contribution is 0.233. The molecule has 0 saturated carbocycles. The minimum atomic E-state index is -0.0714. The molecular weight excluding hydrogens is 226 g/mol. The average Bonchev–Trinajstić information content (AvgIpc) is 2.83. The van der Waals surface area contributed by atoms with Crippen molar-refractivity contribution in [3.05, 3.63) is 54.1 Å². The third-order valence-electron chi connectivity index (χ3n) is 3.08. The van der Waals surface area contributed by atoms with Crippen molar-refractivity contribution in [3.63, 3.8) is 0 Å². The van der Waals surface area contributed by atoms with E-state index in [1.807, 2.05) is 55.1 Å². The van der Waals surface area contributed by atoms with Gasteiger partial charge in [-0.3, -0.25) is 5.32 Å². The van der Waals surface area contributed by atoms with Crippen LogP contribution in [0.15, 0.2) is 42.7 Å². The Bertz CT molecular complexity index is 481. The van der Waals surface area contributed by atoms with Gasteiger partial charge in [0, 0.05) is 19.4 Å². The van der Waals surface area contributed by atoms with Crippen molar-refractivity contribution < 1.29 is 5.11 Å². The monoisotopic (exact) mass is 245 g/mol. The summed E-state index contributed by atoms with van der Waals surface area (Å²) in [4.78, 5) is 4.32. The molecule has 4 nitrogen and oxygen atoms in total. The van der Waals surface area contributed by atoms with Gasteiger partial charge in [0.1, 0.15) is 5.82 Å². The van der Waals surface area contributed by atoms with Gasteiger partial charge in [-0.25, -0.2) is 4.98 Å². The van der Waals surface area contributed by atoms with Gasteiger partial charge in [0.2, 0.25) is 0 Å². The minimum Gasteiger partial charge on any atom is -0.394 e. The van der Waals surface area contributed by atoms with Crippen LogP contribution in [0.25, 0.3) is 0 Å². The quantitative estimate of drug-likeness (QED) is 0.844. The number of rotatable bonds is 5. The van der Waals surface area contributed by atoms with Gasteiger partial charge in [-0.1, -0.05) is 30.3 Å². The van der Waals surface area contributed by atoms with Crippen molar-refractivity contribution in [2.24, 2.45) is 7.05 Å². The Morgan fingerprint density at radius 1 is 1.33 bits per heavy atom. The summed E-state index contributed by atoms with van der Waals surface area (Å²) in [6, 6.07) is 9.97. The van der Waals surface area contributed by atoms with Gasteiger partial charge in [0.05, 0.1) is 18.7 Å². The van der Waals surface area contributed by atoms with Gasteiger partial charge in [-0.2, -0.15) is 0 Å². The van der Waals surface area contributed by atoms with Crippen LogP contribution in [0, 0.1) is 0 Å². The summed E-state index contributed by atoms with van der Waals surface area (Å²) < 4.78 is 1.98. The van der Waals surface area contributed by atoms with Crippen molar-refractivity contribution in [3.8, 4) is 0 Å². The highest BCUT2D eigenvalue weighted by atomic mass is 16.3. The van der Waals surface area contributed by atoms with Crippen LogP contribution in [0.3, 0.4) is 0 Å². The van der Waals surface area contributed by atoms with Crippen molar-refractivity contribution in [2.75, 3.05) is 6.61 Å². The zero-order valence-corrected chi connectivity index (χ0v) is 10.7. The number of aliphatic hydroxyl groups is 1. The number of aryl methyl sites for hydroxylation is 1. The molecule has 0 aliphatic carbocycles. The van der Waals surface area contributed by atoms with Crippen molar-refractivity contribution in [1.29, 1.82) is 0 Å². The largest absolute Gasteiger partial charge is 0.394 e. The fourth-order valence-corrected chi connectivity index (χ4v) is 2.11. The Morgan fingerprint density at radius 2 is 2.06 bits per heavy atom. The highest BCUT2D eigenvalue weighted by molar-refractivity contribution is 5.19. The van der Waals surface area contributed by atoms with Crippen LogP contribution >= 0.6 is 0 Å². The fraction of sp³-hybridized carbons (Fsp3) is 0.357. The maximum absolute atomic E-state index is 9.51. The third kappa shape index (κ3) is 2.78. The second-order valence-corrected chi connectivity index (χ2v) is 4.43. The van der Waals surface area contributed by atoms with Gasteiger partial charge in [-0.15, -0.1) is 0 Å². The molecule has 0 saturated heterocycles. The molecule has 0 aliphatic heterocycles. The lowest BCUT2D eigenvalue weighted by atomic mass is 10.1. The number of hydrogen-bond acceptors (Lipinski definition) is 3. The van der Waals surface area contributed by atoms with Gasteiger partial charge < -0.3 is 9.67 Å². The highest BCUT2D eigenvalue weighted by Gasteiger charge is 2.16. The number of benzene rings is 1. The second kappa shape index (κ2) is 5.80. The average molecular weight is 245 g/mol. The first-order valence-corrected chi connectivity index (χ1v) is 6.11. The standard InChI is InChI=1S/C14H19N3O/c1-11(14-15-8-9-17(14)2)16-13(10-18)12-6-4-3-5-7-12/h3-9,11,13,16,18H,10H2,1-2H3/t11?,13-/m0/s1. The second-order valence-electron chi connectivity index (χ2n) is 4.43. The van der Waals surface area contributed by atoms with E-state index in [9.17, 15) is 5.11 Å². The zero-order chi connectivity index (χ0) is 13.0. The van der Waals surface area contributed by atoms with E-state index in [0.717, 1.165) is 11.4 Å². The van der Waals surface area contributed by atoms with Crippen molar-refractivity contribution in [1.82, 2.24) is 14.9 Å². The maximum atomic E-state index is 9.51. The summed E-state index contributed by atoms with van der Waals surface area (Å²) in [5.74, 6) is 0.962. The lowest BCUT2D eigenvalue weighted by Gasteiger charge is -2.21. The Labute approximate surface area is 107 Å². The summed E-state index contributed by atoms with van der Waals surface area (Å²) in [6.07, 6.45) is 3.70. The Kier molecular flexibility index (Phi) is 4.12. The highest BCUT2D eigenvalue weighted by Crippen LogP contribution is 2.17. The molecule has 96 valence electrons. The predicted octanol–water partition coefficient (Wildman–Crippen LogP) is 1.80. The van der Waals surface area contributed by atoms with Crippen molar-refractivity contribution in [2.45, 2.75) is 19.0 Å². The molecule has 1 aromatic carbocycles. The molecule has 1 heterocycles. The maximum Gasteiger partial charge on any atom is 0.125 e. The Balaban J connectivity index is 2.10. The molecule has 18 heavy (non-hydrogen) atoms. The topological polar surface area (TPSA) is 50.1 Å². The number of nitrogens with one attached hydrogen (secondary N) is 1. The molecule has 1 aromatic heterocycles. The molecule has 2 rings (SSSR count). The van der Waals surface area contributed by atoms with E-state index in [2.05, 4.69) is 10.3 Å². The van der Waals surface area contributed by atoms with E-state index < -0.39 is 0 Å². The molecule has 2 N–H and O–H groups in total. The van der Waals surface area contributed by atoms with E-state index in [1.54, 1.807) is 6.20 Å². The first-order valence-electron chi connectivity index (χ1n) is 6.11. The molecule has 2 atom stereocenters. The molecule has 2 aromatic rings. The SMILES string of the molecule is CC(N[C@@H](CO)c1ccccc1)c1nccn1C. The van der Waals surface area contributed by atoms with Gasteiger partial charge in [-0.05, 0) is 12.5 Å². The third-order valence-corrected chi connectivity index (χ3v) is 3.08. The Morgan fingerprint density at radius 3 is 2.61 bits per heavy atom. The molecule has 1 unspecified atom stereocenters. The number of nitrogens with zero attached hydrogens (tertiary/aromatic N) is 2. The smallest absolute Gasteiger partial charge is 0.125 e. The molecule has 0 fully saturated rings. The van der Waals surface area contributed by atoms with Crippen LogP contribution in [0.2, 0.25) is 0 Å². The van der Waals surface area contributed by atoms with Gasteiger partial charge in [0.15, 0.2) is 0 Å². The van der Waals surface area contributed by atoms with E-state index in [0.29, 0.717) is 0 Å². The zero-order valence-electron chi connectivity index (χ0n) is 10.7. The molecular formula is C14H19N3O. The summed E-state index contributed by atoms with van der Waals surface area (Å²) in [5.41, 5.74) is 1.08. The summed E-state index contributed by atoms with van der Waals surface area (Å²) in [7, 11) is 1.97. The fourth-order valence-electron chi connectivity index (χ4n) is 2.11. The van der Waals surface area contributed by atoms with E-state index in [-0.39, 0.29) is 18.7 Å². The Hall–Kier alpha value is -1.65. The minimum absolute atomic E-state index is 0.0682. The van der Waals surface area contributed by atoms with E-state index >= 15 is 0 Å². The summed E-state index contributed by atoms with van der Waals surface area (Å²) in [5, 5.41) is 12.9. The molecule has 0 amide bonds. The summed E-state index contributed by atoms with van der Waals surface area (Å²) in [6.45, 7) is 2.12. The van der Waals surface area contributed by atoms with Crippen LogP contribution in [0.4, 0.5) is 0 Å². The molecule has 0 bridgehead atoms. The number of aromatic nitrogens is 2. The molecule has 4 heteroatoms.